The summed E-state index contributed by atoms with van der Waals surface area (Å²) in [6.07, 6.45) is 2.78. The summed E-state index contributed by atoms with van der Waals surface area (Å²) in [4.78, 5) is 21.8. The predicted molar refractivity (Wildman–Crippen MR) is 65.7 cm³/mol. The van der Waals surface area contributed by atoms with Crippen molar-refractivity contribution in [3.05, 3.63) is 40.9 Å². The Kier molecular flexibility index (Phi) is 4.72. The molecule has 0 aliphatic rings. The first-order chi connectivity index (χ1) is 8.00. The van der Waals surface area contributed by atoms with E-state index in [2.05, 4.69) is 5.32 Å². The predicted octanol–water partition coefficient (Wildman–Crippen LogP) is 1.94. The minimum absolute atomic E-state index is 0.472. The van der Waals surface area contributed by atoms with Crippen LogP contribution in [-0.4, -0.2) is 23.0 Å². The quantitative estimate of drug-likeness (QED) is 0.806. The topological polar surface area (TPSA) is 66.4 Å². The van der Waals surface area contributed by atoms with E-state index in [9.17, 15) is 9.59 Å². The van der Waals surface area contributed by atoms with Gasteiger partial charge in [-0.1, -0.05) is 29.8 Å². The molecule has 17 heavy (non-hydrogen) atoms. The van der Waals surface area contributed by atoms with Gasteiger partial charge < -0.3 is 10.4 Å². The summed E-state index contributed by atoms with van der Waals surface area (Å²) in [6, 6.07) is 6.12. The van der Waals surface area contributed by atoms with Crippen molar-refractivity contribution >= 4 is 29.6 Å². The maximum absolute atomic E-state index is 11.3. The highest BCUT2D eigenvalue weighted by atomic mass is 35.5. The van der Waals surface area contributed by atoms with Crippen LogP contribution in [0.1, 0.15) is 12.5 Å². The molecule has 2 N–H and O–H groups in total. The van der Waals surface area contributed by atoms with Gasteiger partial charge in [-0.25, -0.2) is 0 Å². The number of carbonyl (C=O) groups is 2. The van der Waals surface area contributed by atoms with Crippen LogP contribution in [0.3, 0.4) is 0 Å². The summed E-state index contributed by atoms with van der Waals surface area (Å²) in [7, 11) is 0. The third kappa shape index (κ3) is 4.28. The molecule has 1 aromatic carbocycles. The van der Waals surface area contributed by atoms with Gasteiger partial charge in [0.2, 0.25) is 5.91 Å². The Morgan fingerprint density at radius 3 is 2.65 bits per heavy atom. The van der Waals surface area contributed by atoms with E-state index < -0.39 is 17.9 Å². The van der Waals surface area contributed by atoms with Crippen LogP contribution in [0.5, 0.6) is 0 Å². The number of nitrogens with one attached hydrogen (secondary N) is 1. The molecule has 0 aliphatic carbocycles. The Morgan fingerprint density at radius 1 is 1.41 bits per heavy atom. The van der Waals surface area contributed by atoms with Crippen LogP contribution >= 0.6 is 11.6 Å². The molecule has 90 valence electrons. The first-order valence-electron chi connectivity index (χ1n) is 4.96. The van der Waals surface area contributed by atoms with Gasteiger partial charge in [-0.05, 0) is 24.6 Å². The number of benzene rings is 1. The lowest BCUT2D eigenvalue weighted by molar-refractivity contribution is -0.140. The molecule has 0 saturated carbocycles. The number of amides is 1. The zero-order chi connectivity index (χ0) is 12.8. The molecule has 1 aromatic rings. The minimum Gasteiger partial charge on any atom is -0.480 e. The van der Waals surface area contributed by atoms with Crippen molar-refractivity contribution in [3.8, 4) is 0 Å². The highest BCUT2D eigenvalue weighted by Gasteiger charge is 2.11. The van der Waals surface area contributed by atoms with Crippen molar-refractivity contribution in [3.63, 3.8) is 0 Å². The lowest BCUT2D eigenvalue weighted by atomic mass is 10.2. The Balaban J connectivity index is 2.63. The maximum Gasteiger partial charge on any atom is 0.325 e. The van der Waals surface area contributed by atoms with Gasteiger partial charge in [-0.2, -0.15) is 0 Å². The van der Waals surface area contributed by atoms with Gasteiger partial charge >= 0.3 is 5.97 Å². The largest absolute Gasteiger partial charge is 0.480 e. The standard InChI is InChI=1S/C12H12ClNO3/c1-8(12(16)17)14-11(15)7-6-9-4-2-3-5-10(9)13/h2-8H,1H3,(H,14,15)(H,16,17)/b7-6+/t8-/m0/s1. The summed E-state index contributed by atoms with van der Waals surface area (Å²) in [6.45, 7) is 1.39. The summed E-state index contributed by atoms with van der Waals surface area (Å²) >= 11 is 5.89. The molecule has 5 heteroatoms. The number of carboxylic acid groups (broad SMARTS) is 1. The van der Waals surface area contributed by atoms with Crippen LogP contribution < -0.4 is 5.32 Å². The number of hydrogen-bond donors (Lipinski definition) is 2. The van der Waals surface area contributed by atoms with E-state index in [0.717, 1.165) is 0 Å². The molecule has 0 spiro atoms. The summed E-state index contributed by atoms with van der Waals surface area (Å²) in [5.74, 6) is -1.55. The Bertz CT molecular complexity index is 457. The van der Waals surface area contributed by atoms with E-state index in [1.54, 1.807) is 24.3 Å². The monoisotopic (exact) mass is 253 g/mol. The molecule has 0 aliphatic heterocycles. The van der Waals surface area contributed by atoms with E-state index in [-0.39, 0.29) is 0 Å². The van der Waals surface area contributed by atoms with E-state index in [1.165, 1.54) is 19.1 Å². The van der Waals surface area contributed by atoms with Crippen LogP contribution in [0.4, 0.5) is 0 Å². The van der Waals surface area contributed by atoms with Gasteiger partial charge in [-0.15, -0.1) is 0 Å². The van der Waals surface area contributed by atoms with Gasteiger partial charge in [0, 0.05) is 11.1 Å². The molecular formula is C12H12ClNO3. The zero-order valence-electron chi connectivity index (χ0n) is 9.18. The van der Waals surface area contributed by atoms with Crippen molar-refractivity contribution in [1.29, 1.82) is 0 Å². The van der Waals surface area contributed by atoms with E-state index in [0.29, 0.717) is 10.6 Å². The molecule has 0 radical (unpaired) electrons. The molecule has 0 unspecified atom stereocenters. The van der Waals surface area contributed by atoms with Crippen LogP contribution in [0.15, 0.2) is 30.3 Å². The summed E-state index contributed by atoms with van der Waals surface area (Å²) in [5, 5.41) is 11.4. The van der Waals surface area contributed by atoms with Crippen LogP contribution in [0.25, 0.3) is 6.08 Å². The molecular weight excluding hydrogens is 242 g/mol. The third-order valence-electron chi connectivity index (χ3n) is 2.05. The second-order valence-electron chi connectivity index (χ2n) is 3.42. The van der Waals surface area contributed by atoms with Crippen molar-refractivity contribution in [2.45, 2.75) is 13.0 Å². The Hall–Kier alpha value is -1.81. The Morgan fingerprint density at radius 2 is 2.06 bits per heavy atom. The van der Waals surface area contributed by atoms with Gasteiger partial charge in [0.1, 0.15) is 6.04 Å². The van der Waals surface area contributed by atoms with Crippen molar-refractivity contribution < 1.29 is 14.7 Å². The number of carboxylic acids is 1. The van der Waals surface area contributed by atoms with E-state index in [1.807, 2.05) is 0 Å². The fraction of sp³-hybridized carbons (Fsp3) is 0.167. The number of halogens is 1. The lowest BCUT2D eigenvalue weighted by Gasteiger charge is -2.06. The third-order valence-corrected chi connectivity index (χ3v) is 2.39. The number of aliphatic carboxylic acids is 1. The fourth-order valence-electron chi connectivity index (χ4n) is 1.10. The van der Waals surface area contributed by atoms with Crippen molar-refractivity contribution in [2.24, 2.45) is 0 Å². The van der Waals surface area contributed by atoms with Gasteiger partial charge in [0.15, 0.2) is 0 Å². The minimum atomic E-state index is -1.08. The number of rotatable bonds is 4. The SMILES string of the molecule is C[C@H](NC(=O)/C=C/c1ccccc1Cl)C(=O)O. The molecule has 1 amide bonds. The molecule has 0 saturated heterocycles. The first-order valence-corrected chi connectivity index (χ1v) is 5.34. The lowest BCUT2D eigenvalue weighted by Crippen LogP contribution is -2.37. The molecule has 0 fully saturated rings. The maximum atomic E-state index is 11.3. The molecule has 0 bridgehead atoms. The second kappa shape index (κ2) is 6.06. The van der Waals surface area contributed by atoms with Gasteiger partial charge in [-0.3, -0.25) is 9.59 Å². The average Bonchev–Trinajstić information content (AvgIpc) is 2.27. The second-order valence-corrected chi connectivity index (χ2v) is 3.83. The molecule has 0 heterocycles. The fourth-order valence-corrected chi connectivity index (χ4v) is 1.30. The first kappa shape index (κ1) is 13.3. The molecule has 1 atom stereocenters. The van der Waals surface area contributed by atoms with Crippen molar-refractivity contribution in [1.82, 2.24) is 5.32 Å². The normalized spacial score (nSPS) is 12.4. The zero-order valence-corrected chi connectivity index (χ0v) is 9.94. The van der Waals surface area contributed by atoms with Crippen molar-refractivity contribution in [2.75, 3.05) is 0 Å². The van der Waals surface area contributed by atoms with Gasteiger partial charge in [0.05, 0.1) is 0 Å². The number of carbonyl (C=O) groups excluding carboxylic acids is 1. The van der Waals surface area contributed by atoms with Gasteiger partial charge in [0.25, 0.3) is 0 Å². The smallest absolute Gasteiger partial charge is 0.325 e. The van der Waals surface area contributed by atoms with Crippen LogP contribution in [0.2, 0.25) is 5.02 Å². The highest BCUT2D eigenvalue weighted by Crippen LogP contribution is 2.15. The molecule has 1 rings (SSSR count). The van der Waals surface area contributed by atoms with E-state index >= 15 is 0 Å². The summed E-state index contributed by atoms with van der Waals surface area (Å²) in [5.41, 5.74) is 0.701. The van der Waals surface area contributed by atoms with Crippen LogP contribution in [0, 0.1) is 0 Å². The van der Waals surface area contributed by atoms with E-state index in [4.69, 9.17) is 16.7 Å². The molecule has 4 nitrogen and oxygen atoms in total. The van der Waals surface area contributed by atoms with Crippen LogP contribution in [-0.2, 0) is 9.59 Å². The number of hydrogen-bond acceptors (Lipinski definition) is 2. The average molecular weight is 254 g/mol. The Labute approximate surface area is 104 Å². The highest BCUT2D eigenvalue weighted by molar-refractivity contribution is 6.32. The molecule has 0 aromatic heterocycles. The summed E-state index contributed by atoms with van der Waals surface area (Å²) < 4.78 is 0.